The van der Waals surface area contributed by atoms with E-state index in [9.17, 15) is 9.90 Å². The minimum absolute atomic E-state index is 0.457. The quantitative estimate of drug-likeness (QED) is 0.818. The van der Waals surface area contributed by atoms with Gasteiger partial charge in [-0.15, -0.1) is 0 Å². The number of likely N-dealkylation sites (tertiary alicyclic amines) is 1. The van der Waals surface area contributed by atoms with Crippen LogP contribution in [0, 0.1) is 11.3 Å². The second kappa shape index (κ2) is 5.60. The van der Waals surface area contributed by atoms with Crippen LogP contribution in [0.2, 0.25) is 0 Å². The summed E-state index contributed by atoms with van der Waals surface area (Å²) in [6, 6.07) is 0.575. The van der Waals surface area contributed by atoms with Crippen LogP contribution in [0.15, 0.2) is 0 Å². The molecular formula is C15H27NO2. The van der Waals surface area contributed by atoms with Gasteiger partial charge in [0.15, 0.2) is 0 Å². The van der Waals surface area contributed by atoms with Crippen LogP contribution in [-0.2, 0) is 4.79 Å². The number of carboxylic acid groups (broad SMARTS) is 1. The highest BCUT2D eigenvalue weighted by Crippen LogP contribution is 2.39. The first kappa shape index (κ1) is 13.9. The van der Waals surface area contributed by atoms with Gasteiger partial charge in [-0.1, -0.05) is 26.2 Å². The van der Waals surface area contributed by atoms with Gasteiger partial charge in [-0.25, -0.2) is 0 Å². The van der Waals surface area contributed by atoms with Gasteiger partial charge < -0.3 is 5.11 Å². The summed E-state index contributed by atoms with van der Waals surface area (Å²) in [4.78, 5) is 14.0. The summed E-state index contributed by atoms with van der Waals surface area (Å²) >= 11 is 0. The van der Waals surface area contributed by atoms with Crippen molar-refractivity contribution in [2.75, 3.05) is 13.1 Å². The highest BCUT2D eigenvalue weighted by atomic mass is 16.4. The zero-order chi connectivity index (χ0) is 13.2. The fourth-order valence-corrected chi connectivity index (χ4v) is 3.95. The molecule has 0 radical (unpaired) electrons. The smallest absolute Gasteiger partial charge is 0.310 e. The Kier molecular flexibility index (Phi) is 4.31. The molecule has 2 atom stereocenters. The lowest BCUT2D eigenvalue weighted by atomic mass is 9.82. The van der Waals surface area contributed by atoms with Gasteiger partial charge in [-0.3, -0.25) is 9.69 Å². The number of carboxylic acids is 1. The molecule has 0 spiro atoms. The third kappa shape index (κ3) is 2.56. The maximum absolute atomic E-state index is 11.6. The van der Waals surface area contributed by atoms with Crippen LogP contribution >= 0.6 is 0 Å². The largest absolute Gasteiger partial charge is 0.481 e. The first-order valence-electron chi connectivity index (χ1n) is 7.56. The average Bonchev–Trinajstić information content (AvgIpc) is 2.98. The van der Waals surface area contributed by atoms with Gasteiger partial charge >= 0.3 is 5.97 Å². The highest BCUT2D eigenvalue weighted by Gasteiger charge is 2.45. The maximum Gasteiger partial charge on any atom is 0.310 e. The van der Waals surface area contributed by atoms with Crippen molar-refractivity contribution in [3.05, 3.63) is 0 Å². The highest BCUT2D eigenvalue weighted by molar-refractivity contribution is 5.75. The molecule has 2 fully saturated rings. The first-order chi connectivity index (χ1) is 8.59. The van der Waals surface area contributed by atoms with E-state index in [2.05, 4.69) is 18.7 Å². The van der Waals surface area contributed by atoms with E-state index in [-0.39, 0.29) is 0 Å². The van der Waals surface area contributed by atoms with E-state index in [0.717, 1.165) is 38.3 Å². The second-order valence-corrected chi connectivity index (χ2v) is 6.34. The average molecular weight is 253 g/mol. The van der Waals surface area contributed by atoms with Gasteiger partial charge in [0.05, 0.1) is 5.41 Å². The predicted octanol–water partition coefficient (Wildman–Crippen LogP) is 3.14. The minimum Gasteiger partial charge on any atom is -0.481 e. The SMILES string of the molecule is CCCC1(C(=O)O)CCN(C(C)C2CCCC2)C1. The molecule has 18 heavy (non-hydrogen) atoms. The molecule has 104 valence electrons. The van der Waals surface area contributed by atoms with Gasteiger partial charge in [0.2, 0.25) is 0 Å². The molecule has 1 heterocycles. The number of aliphatic carboxylic acids is 1. The zero-order valence-corrected chi connectivity index (χ0v) is 11.8. The van der Waals surface area contributed by atoms with Crippen LogP contribution in [0.4, 0.5) is 0 Å². The molecule has 0 amide bonds. The molecule has 1 aliphatic carbocycles. The Labute approximate surface area is 111 Å². The van der Waals surface area contributed by atoms with Crippen LogP contribution in [0.3, 0.4) is 0 Å². The molecule has 2 rings (SSSR count). The van der Waals surface area contributed by atoms with Crippen LogP contribution in [0.25, 0.3) is 0 Å². The molecule has 0 aromatic heterocycles. The van der Waals surface area contributed by atoms with Crippen LogP contribution in [-0.4, -0.2) is 35.1 Å². The maximum atomic E-state index is 11.6. The Morgan fingerprint density at radius 3 is 2.67 bits per heavy atom. The molecule has 2 aliphatic rings. The number of hydrogen-bond donors (Lipinski definition) is 1. The minimum atomic E-state index is -0.578. The summed E-state index contributed by atoms with van der Waals surface area (Å²) in [5.41, 5.74) is -0.457. The van der Waals surface area contributed by atoms with Crippen molar-refractivity contribution in [3.8, 4) is 0 Å². The van der Waals surface area contributed by atoms with Crippen LogP contribution in [0.5, 0.6) is 0 Å². The van der Waals surface area contributed by atoms with E-state index in [4.69, 9.17) is 0 Å². The molecule has 3 heteroatoms. The van der Waals surface area contributed by atoms with Crippen molar-refractivity contribution >= 4 is 5.97 Å². The third-order valence-corrected chi connectivity index (χ3v) is 5.22. The van der Waals surface area contributed by atoms with Crippen LogP contribution in [0.1, 0.15) is 58.8 Å². The normalized spacial score (nSPS) is 31.9. The molecule has 1 saturated carbocycles. The summed E-state index contributed by atoms with van der Waals surface area (Å²) in [5.74, 6) is 0.224. The van der Waals surface area contributed by atoms with Gasteiger partial charge in [0.1, 0.15) is 0 Å². The van der Waals surface area contributed by atoms with Crippen molar-refractivity contribution in [1.82, 2.24) is 4.90 Å². The molecule has 1 N–H and O–H groups in total. The van der Waals surface area contributed by atoms with Gasteiger partial charge in [-0.05, 0) is 45.1 Å². The first-order valence-corrected chi connectivity index (χ1v) is 7.56. The van der Waals surface area contributed by atoms with E-state index in [1.165, 1.54) is 25.7 Å². The van der Waals surface area contributed by atoms with Crippen molar-refractivity contribution in [3.63, 3.8) is 0 Å². The summed E-state index contributed by atoms with van der Waals surface area (Å²) in [5, 5.41) is 9.53. The van der Waals surface area contributed by atoms with E-state index >= 15 is 0 Å². The number of rotatable bonds is 5. The third-order valence-electron chi connectivity index (χ3n) is 5.22. The molecular weight excluding hydrogens is 226 g/mol. The molecule has 0 aromatic carbocycles. The van der Waals surface area contributed by atoms with Crippen molar-refractivity contribution in [2.45, 2.75) is 64.8 Å². The lowest BCUT2D eigenvalue weighted by molar-refractivity contribution is -0.148. The standard InChI is InChI=1S/C15H27NO2/c1-3-8-15(14(17)18)9-10-16(11-15)12(2)13-6-4-5-7-13/h12-13H,3-11H2,1-2H3,(H,17,18). The second-order valence-electron chi connectivity index (χ2n) is 6.34. The zero-order valence-electron chi connectivity index (χ0n) is 11.8. The lowest BCUT2D eigenvalue weighted by Gasteiger charge is -2.31. The Morgan fingerprint density at radius 1 is 1.44 bits per heavy atom. The monoisotopic (exact) mass is 253 g/mol. The summed E-state index contributed by atoms with van der Waals surface area (Å²) in [7, 11) is 0. The lowest BCUT2D eigenvalue weighted by Crippen LogP contribution is -2.40. The van der Waals surface area contributed by atoms with Gasteiger partial charge in [-0.2, -0.15) is 0 Å². The summed E-state index contributed by atoms with van der Waals surface area (Å²) < 4.78 is 0. The Hall–Kier alpha value is -0.570. The predicted molar refractivity (Wildman–Crippen MR) is 72.6 cm³/mol. The van der Waals surface area contributed by atoms with E-state index in [1.807, 2.05) is 0 Å². The fraction of sp³-hybridized carbons (Fsp3) is 0.933. The Bertz CT molecular complexity index is 299. The fourth-order valence-electron chi connectivity index (χ4n) is 3.95. The van der Waals surface area contributed by atoms with Crippen molar-refractivity contribution < 1.29 is 9.90 Å². The van der Waals surface area contributed by atoms with Gasteiger partial charge in [0, 0.05) is 12.6 Å². The molecule has 3 nitrogen and oxygen atoms in total. The Morgan fingerprint density at radius 2 is 2.11 bits per heavy atom. The molecule has 0 bridgehead atoms. The number of hydrogen-bond acceptors (Lipinski definition) is 2. The van der Waals surface area contributed by atoms with E-state index in [1.54, 1.807) is 0 Å². The van der Waals surface area contributed by atoms with Crippen LogP contribution < -0.4 is 0 Å². The molecule has 2 unspecified atom stereocenters. The molecule has 1 saturated heterocycles. The summed E-state index contributed by atoms with van der Waals surface area (Å²) in [6.45, 7) is 6.14. The summed E-state index contributed by atoms with van der Waals surface area (Å²) in [6.07, 6.45) is 8.04. The molecule has 0 aromatic rings. The number of carbonyl (C=O) groups is 1. The molecule has 1 aliphatic heterocycles. The van der Waals surface area contributed by atoms with Crippen molar-refractivity contribution in [1.29, 1.82) is 0 Å². The van der Waals surface area contributed by atoms with Crippen molar-refractivity contribution in [2.24, 2.45) is 11.3 Å². The number of nitrogens with zero attached hydrogens (tertiary/aromatic N) is 1. The van der Waals surface area contributed by atoms with Gasteiger partial charge in [0.25, 0.3) is 0 Å². The van der Waals surface area contributed by atoms with E-state index in [0.29, 0.717) is 6.04 Å². The topological polar surface area (TPSA) is 40.5 Å². The Balaban J connectivity index is 1.99. The van der Waals surface area contributed by atoms with E-state index < -0.39 is 11.4 Å².